The van der Waals surface area contributed by atoms with Crippen LogP contribution in [0.2, 0.25) is 5.02 Å². The van der Waals surface area contributed by atoms with Gasteiger partial charge in [0.1, 0.15) is 5.75 Å². The molecule has 1 atom stereocenters. The van der Waals surface area contributed by atoms with E-state index in [1.807, 2.05) is 12.1 Å². The SMILES string of the molecule is O=C(O)[C@@]1(CCCCCCOc2ccc(Cl)cc2)CO1.[Na]. The standard InChI is InChI=1S/C15H19ClO4.Na/c16-12-5-7-13(8-6-12)19-10-4-2-1-3-9-15(11-20-15)14(17)18;/h5-8H,1-4,9-11H2,(H,17,18);/t15-;/m1./s1. The van der Waals surface area contributed by atoms with Gasteiger partial charge in [0.05, 0.1) is 13.2 Å². The molecular weight excluding hydrogens is 303 g/mol. The predicted octanol–water partition coefficient (Wildman–Crippen LogP) is 3.14. The Bertz CT molecular complexity index is 445. The molecule has 1 saturated heterocycles. The first-order valence-corrected chi connectivity index (χ1v) is 7.26. The molecule has 1 aliphatic rings. The molecular formula is C15H19ClNaO4. The largest absolute Gasteiger partial charge is 0.494 e. The van der Waals surface area contributed by atoms with Crippen molar-refractivity contribution in [1.82, 2.24) is 0 Å². The second-order valence-electron chi connectivity index (χ2n) is 5.05. The number of hydrogen-bond donors (Lipinski definition) is 1. The number of carboxylic acid groups (broad SMARTS) is 1. The molecule has 0 unspecified atom stereocenters. The maximum absolute atomic E-state index is 10.9. The third-order valence-electron chi connectivity index (χ3n) is 3.44. The number of hydrogen-bond acceptors (Lipinski definition) is 3. The van der Waals surface area contributed by atoms with E-state index in [1.54, 1.807) is 12.1 Å². The molecule has 1 N–H and O–H groups in total. The Morgan fingerprint density at radius 3 is 2.43 bits per heavy atom. The topological polar surface area (TPSA) is 59.1 Å². The van der Waals surface area contributed by atoms with Crippen LogP contribution in [0.5, 0.6) is 5.75 Å². The molecule has 0 spiro atoms. The van der Waals surface area contributed by atoms with Gasteiger partial charge in [0.25, 0.3) is 0 Å². The van der Waals surface area contributed by atoms with Crippen LogP contribution in [-0.2, 0) is 9.53 Å². The second-order valence-corrected chi connectivity index (χ2v) is 5.49. The summed E-state index contributed by atoms with van der Waals surface area (Å²) in [7, 11) is 0. The number of unbranched alkanes of at least 4 members (excludes halogenated alkanes) is 3. The Morgan fingerprint density at radius 2 is 1.86 bits per heavy atom. The van der Waals surface area contributed by atoms with Crippen molar-refractivity contribution < 1.29 is 19.4 Å². The fraction of sp³-hybridized carbons (Fsp3) is 0.533. The zero-order chi connectivity index (χ0) is 14.4. The van der Waals surface area contributed by atoms with E-state index in [4.69, 9.17) is 26.2 Å². The van der Waals surface area contributed by atoms with Crippen molar-refractivity contribution >= 4 is 47.1 Å². The number of carboxylic acids is 1. The zero-order valence-electron chi connectivity index (χ0n) is 12.3. The summed E-state index contributed by atoms with van der Waals surface area (Å²) in [6.07, 6.45) is 4.49. The molecule has 21 heavy (non-hydrogen) atoms. The predicted molar refractivity (Wildman–Crippen MR) is 82.1 cm³/mol. The molecule has 1 heterocycles. The van der Waals surface area contributed by atoms with Crippen LogP contribution in [0.25, 0.3) is 0 Å². The average molecular weight is 322 g/mol. The molecule has 1 aromatic rings. The Balaban J connectivity index is 0.00000220. The van der Waals surface area contributed by atoms with Gasteiger partial charge in [0, 0.05) is 34.6 Å². The minimum absolute atomic E-state index is 0. The van der Waals surface area contributed by atoms with Crippen molar-refractivity contribution in [3.63, 3.8) is 0 Å². The monoisotopic (exact) mass is 321 g/mol. The fourth-order valence-corrected chi connectivity index (χ4v) is 2.17. The smallest absolute Gasteiger partial charge is 0.338 e. The number of halogens is 1. The molecule has 1 aliphatic heterocycles. The Labute approximate surface area is 152 Å². The van der Waals surface area contributed by atoms with Gasteiger partial charge in [0.2, 0.25) is 0 Å². The number of benzene rings is 1. The van der Waals surface area contributed by atoms with Crippen LogP contribution in [0.1, 0.15) is 32.1 Å². The molecule has 1 radical (unpaired) electrons. The number of ether oxygens (including phenoxy) is 2. The Kier molecular flexibility index (Phi) is 8.06. The van der Waals surface area contributed by atoms with Gasteiger partial charge in [-0.05, 0) is 43.5 Å². The van der Waals surface area contributed by atoms with Crippen LogP contribution in [0.4, 0.5) is 0 Å². The van der Waals surface area contributed by atoms with Crippen molar-refractivity contribution in [3.05, 3.63) is 29.3 Å². The van der Waals surface area contributed by atoms with Gasteiger partial charge in [-0.1, -0.05) is 24.4 Å². The maximum Gasteiger partial charge on any atom is 0.338 e. The van der Waals surface area contributed by atoms with E-state index in [0.29, 0.717) is 24.7 Å². The van der Waals surface area contributed by atoms with Crippen LogP contribution in [0, 0.1) is 0 Å². The van der Waals surface area contributed by atoms with Crippen LogP contribution >= 0.6 is 11.6 Å². The first-order valence-electron chi connectivity index (χ1n) is 6.88. The number of rotatable bonds is 9. The van der Waals surface area contributed by atoms with Gasteiger partial charge in [-0.15, -0.1) is 0 Å². The summed E-state index contributed by atoms with van der Waals surface area (Å²) in [5.41, 5.74) is -0.861. The summed E-state index contributed by atoms with van der Waals surface area (Å²) in [6, 6.07) is 7.31. The van der Waals surface area contributed by atoms with Gasteiger partial charge in [-0.25, -0.2) is 4.79 Å². The van der Waals surface area contributed by atoms with E-state index in [2.05, 4.69) is 0 Å². The molecule has 0 amide bonds. The van der Waals surface area contributed by atoms with Crippen molar-refractivity contribution in [2.45, 2.75) is 37.7 Å². The first kappa shape index (κ1) is 18.8. The zero-order valence-corrected chi connectivity index (χ0v) is 15.1. The molecule has 0 bridgehead atoms. The second kappa shape index (κ2) is 9.01. The van der Waals surface area contributed by atoms with Crippen LogP contribution in [-0.4, -0.2) is 59.4 Å². The van der Waals surface area contributed by atoms with Gasteiger partial charge >= 0.3 is 5.97 Å². The molecule has 0 aromatic heterocycles. The van der Waals surface area contributed by atoms with E-state index in [0.717, 1.165) is 31.4 Å². The summed E-state index contributed by atoms with van der Waals surface area (Å²) in [4.78, 5) is 10.9. The summed E-state index contributed by atoms with van der Waals surface area (Å²) < 4.78 is 10.6. The molecule has 0 saturated carbocycles. The molecule has 111 valence electrons. The van der Waals surface area contributed by atoms with Gasteiger partial charge in [0.15, 0.2) is 5.60 Å². The van der Waals surface area contributed by atoms with Crippen LogP contribution < -0.4 is 4.74 Å². The normalized spacial score (nSPS) is 19.7. The number of epoxide rings is 1. The van der Waals surface area contributed by atoms with Crippen molar-refractivity contribution in [1.29, 1.82) is 0 Å². The average Bonchev–Trinajstić information content (AvgIpc) is 3.21. The van der Waals surface area contributed by atoms with E-state index in [1.165, 1.54) is 0 Å². The van der Waals surface area contributed by atoms with Crippen LogP contribution in [0.3, 0.4) is 0 Å². The van der Waals surface area contributed by atoms with E-state index >= 15 is 0 Å². The number of aliphatic carboxylic acids is 1. The minimum atomic E-state index is -0.861. The molecule has 6 heteroatoms. The summed E-state index contributed by atoms with van der Waals surface area (Å²) >= 11 is 5.79. The summed E-state index contributed by atoms with van der Waals surface area (Å²) in [5.74, 6) is -0.00539. The van der Waals surface area contributed by atoms with Gasteiger partial charge in [-0.3, -0.25) is 0 Å². The van der Waals surface area contributed by atoms with E-state index in [9.17, 15) is 4.79 Å². The number of carbonyl (C=O) groups is 1. The fourth-order valence-electron chi connectivity index (χ4n) is 2.05. The maximum atomic E-state index is 10.9. The Hall–Kier alpha value is -0.260. The van der Waals surface area contributed by atoms with Crippen molar-refractivity contribution in [2.75, 3.05) is 13.2 Å². The quantitative estimate of drug-likeness (QED) is 0.431. The first-order chi connectivity index (χ1) is 9.62. The molecule has 1 fully saturated rings. The van der Waals surface area contributed by atoms with Crippen LogP contribution in [0.15, 0.2) is 24.3 Å². The van der Waals surface area contributed by atoms with Gasteiger partial charge < -0.3 is 14.6 Å². The molecule has 4 nitrogen and oxygen atoms in total. The summed E-state index contributed by atoms with van der Waals surface area (Å²) in [5, 5.41) is 9.64. The molecule has 1 aromatic carbocycles. The summed E-state index contributed by atoms with van der Waals surface area (Å²) in [6.45, 7) is 1.03. The molecule has 0 aliphatic carbocycles. The Morgan fingerprint density at radius 1 is 1.24 bits per heavy atom. The third-order valence-corrected chi connectivity index (χ3v) is 3.69. The van der Waals surface area contributed by atoms with Crippen molar-refractivity contribution in [3.8, 4) is 5.75 Å². The van der Waals surface area contributed by atoms with Gasteiger partial charge in [-0.2, -0.15) is 0 Å². The van der Waals surface area contributed by atoms with E-state index in [-0.39, 0.29) is 29.6 Å². The minimum Gasteiger partial charge on any atom is -0.494 e. The van der Waals surface area contributed by atoms with E-state index < -0.39 is 11.6 Å². The molecule has 2 rings (SSSR count). The third kappa shape index (κ3) is 6.17. The van der Waals surface area contributed by atoms with Crippen molar-refractivity contribution in [2.24, 2.45) is 0 Å².